The van der Waals surface area contributed by atoms with Crippen LogP contribution in [-0.4, -0.2) is 11.2 Å². The van der Waals surface area contributed by atoms with Crippen molar-refractivity contribution in [2.45, 2.75) is 44.2 Å². The second-order valence-corrected chi connectivity index (χ2v) is 5.44. The topological polar surface area (TPSA) is 24.1 Å². The average Bonchev–Trinajstić information content (AvgIpc) is 3.13. The Kier molecular flexibility index (Phi) is 3.02. The molecule has 0 bridgehead atoms. The van der Waals surface area contributed by atoms with Crippen molar-refractivity contribution in [3.05, 3.63) is 35.4 Å². The second-order valence-electron chi connectivity index (χ2n) is 5.04. The molecule has 2 aliphatic carbocycles. The highest BCUT2D eigenvalue weighted by molar-refractivity contribution is 7.80. The molecular weight excluding hydrogens is 228 g/mol. The van der Waals surface area contributed by atoms with Gasteiger partial charge in [0.25, 0.3) is 0 Å². The maximum absolute atomic E-state index is 5.36. The molecule has 1 aromatic carbocycles. The Morgan fingerprint density at radius 2 is 1.94 bits per heavy atom. The summed E-state index contributed by atoms with van der Waals surface area (Å²) in [4.78, 5) is 0. The van der Waals surface area contributed by atoms with Crippen LogP contribution < -0.4 is 10.6 Å². The van der Waals surface area contributed by atoms with Gasteiger partial charge >= 0.3 is 0 Å². The first-order valence-corrected chi connectivity index (χ1v) is 6.88. The number of rotatable bonds is 2. The van der Waals surface area contributed by atoms with Gasteiger partial charge in [0.15, 0.2) is 5.11 Å². The van der Waals surface area contributed by atoms with E-state index in [0.717, 1.165) is 5.11 Å². The molecule has 3 heteroatoms. The minimum Gasteiger partial charge on any atom is -0.360 e. The van der Waals surface area contributed by atoms with Gasteiger partial charge in [-0.2, -0.15) is 0 Å². The Bertz CT molecular complexity index is 426. The normalized spacial score (nSPS) is 22.7. The highest BCUT2D eigenvalue weighted by Gasteiger charge is 2.24. The molecule has 1 atom stereocenters. The van der Waals surface area contributed by atoms with Crippen molar-refractivity contribution in [1.82, 2.24) is 10.6 Å². The Hall–Kier alpha value is -1.09. The fourth-order valence-corrected chi connectivity index (χ4v) is 2.83. The summed E-state index contributed by atoms with van der Waals surface area (Å²) in [6.45, 7) is 0. The summed E-state index contributed by atoms with van der Waals surface area (Å²) in [5.41, 5.74) is 2.91. The first-order chi connectivity index (χ1) is 8.33. The molecule has 0 aliphatic heterocycles. The van der Waals surface area contributed by atoms with E-state index in [0.29, 0.717) is 12.1 Å². The molecule has 0 unspecified atom stereocenters. The molecule has 2 aliphatic rings. The van der Waals surface area contributed by atoms with Crippen LogP contribution in [0.5, 0.6) is 0 Å². The Morgan fingerprint density at radius 1 is 1.12 bits per heavy atom. The van der Waals surface area contributed by atoms with Crippen LogP contribution in [0, 0.1) is 0 Å². The van der Waals surface area contributed by atoms with Gasteiger partial charge in [-0.3, -0.25) is 0 Å². The zero-order chi connectivity index (χ0) is 11.7. The van der Waals surface area contributed by atoms with Crippen LogP contribution in [0.1, 0.15) is 42.9 Å². The highest BCUT2D eigenvalue weighted by atomic mass is 32.1. The van der Waals surface area contributed by atoms with Crippen LogP contribution in [0.15, 0.2) is 24.3 Å². The van der Waals surface area contributed by atoms with Crippen LogP contribution in [0.4, 0.5) is 0 Å². The lowest BCUT2D eigenvalue weighted by Gasteiger charge is -2.27. The summed E-state index contributed by atoms with van der Waals surface area (Å²) in [6, 6.07) is 9.75. The summed E-state index contributed by atoms with van der Waals surface area (Å²) in [6.07, 6.45) is 6.17. The molecule has 0 heterocycles. The van der Waals surface area contributed by atoms with Gasteiger partial charge in [0.1, 0.15) is 0 Å². The van der Waals surface area contributed by atoms with Gasteiger partial charge in [0.2, 0.25) is 0 Å². The molecule has 0 amide bonds. The van der Waals surface area contributed by atoms with Gasteiger partial charge in [-0.25, -0.2) is 0 Å². The second kappa shape index (κ2) is 4.65. The van der Waals surface area contributed by atoms with Crippen LogP contribution in [0.3, 0.4) is 0 Å². The number of aryl methyl sites for hydroxylation is 1. The van der Waals surface area contributed by atoms with Crippen molar-refractivity contribution in [2.24, 2.45) is 0 Å². The van der Waals surface area contributed by atoms with E-state index in [1.165, 1.54) is 43.2 Å². The lowest BCUT2D eigenvalue weighted by atomic mass is 9.88. The lowest BCUT2D eigenvalue weighted by molar-refractivity contribution is 0.523. The van der Waals surface area contributed by atoms with Crippen LogP contribution in [0.25, 0.3) is 0 Å². The molecule has 3 rings (SSSR count). The predicted octanol–water partition coefficient (Wildman–Crippen LogP) is 2.69. The van der Waals surface area contributed by atoms with E-state index in [2.05, 4.69) is 34.9 Å². The summed E-state index contributed by atoms with van der Waals surface area (Å²) >= 11 is 5.36. The Labute approximate surface area is 108 Å². The molecule has 1 aromatic rings. The van der Waals surface area contributed by atoms with E-state index in [1.54, 1.807) is 0 Å². The van der Waals surface area contributed by atoms with Gasteiger partial charge in [0.05, 0.1) is 6.04 Å². The molecule has 0 spiro atoms. The zero-order valence-electron chi connectivity index (χ0n) is 9.91. The molecule has 0 saturated heterocycles. The Balaban J connectivity index is 1.69. The number of benzene rings is 1. The fraction of sp³-hybridized carbons (Fsp3) is 0.500. The fourth-order valence-electron chi connectivity index (χ4n) is 2.52. The molecule has 1 fully saturated rings. The van der Waals surface area contributed by atoms with E-state index in [9.17, 15) is 0 Å². The lowest BCUT2D eigenvalue weighted by Crippen LogP contribution is -2.39. The van der Waals surface area contributed by atoms with Crippen LogP contribution >= 0.6 is 12.2 Å². The molecule has 2 N–H and O–H groups in total. The number of thiocarbonyl (C=S) groups is 1. The minimum absolute atomic E-state index is 0.402. The van der Waals surface area contributed by atoms with Gasteiger partial charge in [-0.05, 0) is 55.4 Å². The van der Waals surface area contributed by atoms with E-state index < -0.39 is 0 Å². The molecule has 2 nitrogen and oxygen atoms in total. The van der Waals surface area contributed by atoms with Gasteiger partial charge < -0.3 is 10.6 Å². The summed E-state index contributed by atoms with van der Waals surface area (Å²) in [5, 5.41) is 7.65. The van der Waals surface area contributed by atoms with Gasteiger partial charge in [0, 0.05) is 6.04 Å². The van der Waals surface area contributed by atoms with Crippen molar-refractivity contribution in [3.8, 4) is 0 Å². The van der Waals surface area contributed by atoms with Gasteiger partial charge in [-0.1, -0.05) is 24.3 Å². The third-order valence-corrected chi connectivity index (χ3v) is 3.82. The summed E-state index contributed by atoms with van der Waals surface area (Å²) < 4.78 is 0. The van der Waals surface area contributed by atoms with Crippen LogP contribution in [-0.2, 0) is 6.42 Å². The molecular formula is C14H18N2S. The number of hydrogen-bond acceptors (Lipinski definition) is 1. The summed E-state index contributed by atoms with van der Waals surface area (Å²) in [5.74, 6) is 0. The van der Waals surface area contributed by atoms with Crippen molar-refractivity contribution >= 4 is 17.3 Å². The number of fused-ring (bicyclic) bond motifs is 1. The van der Waals surface area contributed by atoms with E-state index >= 15 is 0 Å². The molecule has 0 aromatic heterocycles. The first-order valence-electron chi connectivity index (χ1n) is 6.48. The van der Waals surface area contributed by atoms with E-state index in [1.807, 2.05) is 0 Å². The Morgan fingerprint density at radius 3 is 2.76 bits per heavy atom. The third-order valence-electron chi connectivity index (χ3n) is 3.59. The monoisotopic (exact) mass is 246 g/mol. The molecule has 1 saturated carbocycles. The van der Waals surface area contributed by atoms with E-state index in [4.69, 9.17) is 12.2 Å². The minimum atomic E-state index is 0.402. The van der Waals surface area contributed by atoms with Crippen LogP contribution in [0.2, 0.25) is 0 Å². The standard InChI is InChI=1S/C14H18N2S/c17-14(15-11-8-9-11)16-13-7-3-5-10-4-1-2-6-12(10)13/h1-2,4,6,11,13H,3,5,7-9H2,(H2,15,16,17)/t13-/m1/s1. The third kappa shape index (κ3) is 2.60. The first kappa shape index (κ1) is 11.0. The van der Waals surface area contributed by atoms with Crippen molar-refractivity contribution in [2.75, 3.05) is 0 Å². The average molecular weight is 246 g/mol. The predicted molar refractivity (Wildman–Crippen MR) is 74.0 cm³/mol. The van der Waals surface area contributed by atoms with Gasteiger partial charge in [-0.15, -0.1) is 0 Å². The maximum Gasteiger partial charge on any atom is 0.166 e. The summed E-state index contributed by atoms with van der Waals surface area (Å²) in [7, 11) is 0. The van der Waals surface area contributed by atoms with Crippen molar-refractivity contribution < 1.29 is 0 Å². The molecule has 90 valence electrons. The quantitative estimate of drug-likeness (QED) is 0.785. The zero-order valence-corrected chi connectivity index (χ0v) is 10.7. The molecule has 17 heavy (non-hydrogen) atoms. The largest absolute Gasteiger partial charge is 0.360 e. The van der Waals surface area contributed by atoms with Crippen molar-refractivity contribution in [3.63, 3.8) is 0 Å². The highest BCUT2D eigenvalue weighted by Crippen LogP contribution is 2.29. The van der Waals surface area contributed by atoms with Crippen molar-refractivity contribution in [1.29, 1.82) is 0 Å². The smallest absolute Gasteiger partial charge is 0.166 e. The SMILES string of the molecule is S=C(NC1CC1)N[C@@H]1CCCc2ccccc21. The maximum atomic E-state index is 5.36. The van der Waals surface area contributed by atoms with E-state index in [-0.39, 0.29) is 0 Å². The number of hydrogen-bond donors (Lipinski definition) is 2. The molecule has 0 radical (unpaired) electrons. The number of nitrogens with one attached hydrogen (secondary N) is 2.